The molecule has 1 heterocycles. The summed E-state index contributed by atoms with van der Waals surface area (Å²) in [6, 6.07) is 14.1. The molecule has 0 bridgehead atoms. The van der Waals surface area contributed by atoms with Crippen molar-refractivity contribution in [2.24, 2.45) is 0 Å². The number of nitrogens with zero attached hydrogens (tertiary/aromatic N) is 2. The molecule has 1 saturated heterocycles. The minimum atomic E-state index is -0.346. The summed E-state index contributed by atoms with van der Waals surface area (Å²) >= 11 is 0. The molecule has 2 aromatic carbocycles. The number of hydrogen-bond acceptors (Lipinski definition) is 6. The first kappa shape index (κ1) is 22.1. The Hall–Kier alpha value is -3.63. The number of aryl methyl sites for hydroxylation is 1. The molecular formula is C24H24N2O5. The van der Waals surface area contributed by atoms with Crippen molar-refractivity contribution in [3.63, 3.8) is 0 Å². The molecule has 0 aliphatic carbocycles. The number of morpholine rings is 1. The highest BCUT2D eigenvalue weighted by molar-refractivity contribution is 6.14. The maximum atomic E-state index is 12.7. The van der Waals surface area contributed by atoms with Crippen molar-refractivity contribution in [1.29, 1.82) is 5.26 Å². The largest absolute Gasteiger partial charge is 0.493 e. The molecule has 0 unspecified atom stereocenters. The van der Waals surface area contributed by atoms with Gasteiger partial charge in [0.2, 0.25) is 5.78 Å². The second-order valence-corrected chi connectivity index (χ2v) is 7.06. The molecule has 7 heteroatoms. The number of nitriles is 1. The molecule has 3 rings (SSSR count). The van der Waals surface area contributed by atoms with E-state index >= 15 is 0 Å². The van der Waals surface area contributed by atoms with Gasteiger partial charge in [-0.05, 0) is 36.8 Å². The smallest absolute Gasteiger partial charge is 0.260 e. The second-order valence-electron chi connectivity index (χ2n) is 7.06. The molecule has 0 aromatic heterocycles. The van der Waals surface area contributed by atoms with E-state index in [-0.39, 0.29) is 23.9 Å². The summed E-state index contributed by atoms with van der Waals surface area (Å²) in [7, 11) is 1.49. The lowest BCUT2D eigenvalue weighted by molar-refractivity contribution is -0.137. The van der Waals surface area contributed by atoms with Gasteiger partial charge in [-0.15, -0.1) is 0 Å². The number of carbonyl (C=O) groups excluding carboxylic acids is 2. The summed E-state index contributed by atoms with van der Waals surface area (Å²) in [6.45, 7) is 3.93. The molecule has 1 aliphatic rings. The number of amides is 1. The first-order chi connectivity index (χ1) is 15.0. The van der Waals surface area contributed by atoms with Gasteiger partial charge in [0.05, 0.1) is 20.3 Å². The van der Waals surface area contributed by atoms with Gasteiger partial charge in [0, 0.05) is 18.7 Å². The summed E-state index contributed by atoms with van der Waals surface area (Å²) in [4.78, 5) is 26.7. The predicted molar refractivity (Wildman–Crippen MR) is 115 cm³/mol. The van der Waals surface area contributed by atoms with Gasteiger partial charge in [-0.1, -0.05) is 29.8 Å². The minimum Gasteiger partial charge on any atom is -0.493 e. The molecule has 0 saturated carbocycles. The maximum absolute atomic E-state index is 12.7. The highest BCUT2D eigenvalue weighted by Crippen LogP contribution is 2.29. The van der Waals surface area contributed by atoms with Crippen LogP contribution in [0.25, 0.3) is 6.08 Å². The van der Waals surface area contributed by atoms with Gasteiger partial charge in [-0.25, -0.2) is 0 Å². The van der Waals surface area contributed by atoms with E-state index in [0.29, 0.717) is 48.9 Å². The number of rotatable bonds is 7. The average molecular weight is 420 g/mol. The van der Waals surface area contributed by atoms with Gasteiger partial charge < -0.3 is 19.1 Å². The Bertz CT molecular complexity index is 1030. The number of methoxy groups -OCH3 is 1. The van der Waals surface area contributed by atoms with E-state index in [1.807, 2.05) is 19.1 Å². The van der Waals surface area contributed by atoms with Gasteiger partial charge in [-0.2, -0.15) is 5.26 Å². The van der Waals surface area contributed by atoms with Crippen LogP contribution in [0.15, 0.2) is 48.0 Å². The molecule has 31 heavy (non-hydrogen) atoms. The normalized spacial score (nSPS) is 14.0. The topological polar surface area (TPSA) is 88.9 Å². The van der Waals surface area contributed by atoms with Gasteiger partial charge in [0.25, 0.3) is 5.91 Å². The zero-order valence-electron chi connectivity index (χ0n) is 17.6. The Morgan fingerprint density at radius 2 is 1.94 bits per heavy atom. The summed E-state index contributed by atoms with van der Waals surface area (Å²) in [5, 5.41) is 9.49. The van der Waals surface area contributed by atoms with E-state index in [9.17, 15) is 14.9 Å². The summed E-state index contributed by atoms with van der Waals surface area (Å²) in [5.41, 5.74) is 2.03. The average Bonchev–Trinajstić information content (AvgIpc) is 2.81. The fourth-order valence-corrected chi connectivity index (χ4v) is 3.19. The number of benzene rings is 2. The number of ketones is 1. The zero-order chi connectivity index (χ0) is 22.2. The van der Waals surface area contributed by atoms with Crippen molar-refractivity contribution >= 4 is 17.8 Å². The van der Waals surface area contributed by atoms with Crippen molar-refractivity contribution < 1.29 is 23.8 Å². The van der Waals surface area contributed by atoms with E-state index in [2.05, 4.69) is 0 Å². The molecule has 160 valence electrons. The first-order valence-corrected chi connectivity index (χ1v) is 9.91. The summed E-state index contributed by atoms with van der Waals surface area (Å²) < 4.78 is 16.3. The maximum Gasteiger partial charge on any atom is 0.260 e. The van der Waals surface area contributed by atoms with Crippen molar-refractivity contribution in [1.82, 2.24) is 4.90 Å². The molecule has 2 aromatic rings. The fourth-order valence-electron chi connectivity index (χ4n) is 3.19. The van der Waals surface area contributed by atoms with Crippen LogP contribution >= 0.6 is 0 Å². The van der Waals surface area contributed by atoms with Crippen molar-refractivity contribution in [2.75, 3.05) is 40.0 Å². The second kappa shape index (κ2) is 10.4. The monoisotopic (exact) mass is 420 g/mol. The standard InChI is InChI=1S/C24H24N2O5/c1-17-4-3-5-19(12-17)24(28)20(15-25)13-18-6-7-21(22(14-18)29-2)31-16-23(27)26-8-10-30-11-9-26/h3-7,12-14H,8-11,16H2,1-2H3/b20-13+. The van der Waals surface area contributed by atoms with Crippen LogP contribution in [0.3, 0.4) is 0 Å². The fraction of sp³-hybridized carbons (Fsp3) is 0.292. The third-order valence-corrected chi connectivity index (χ3v) is 4.86. The van der Waals surface area contributed by atoms with E-state index in [1.165, 1.54) is 13.2 Å². The molecule has 0 N–H and O–H groups in total. The molecule has 0 atom stereocenters. The Morgan fingerprint density at radius 1 is 1.16 bits per heavy atom. The zero-order valence-corrected chi connectivity index (χ0v) is 17.6. The molecule has 1 fully saturated rings. The van der Waals surface area contributed by atoms with Crippen LogP contribution in [0, 0.1) is 18.3 Å². The Labute approximate surface area is 181 Å². The third-order valence-electron chi connectivity index (χ3n) is 4.86. The molecule has 1 aliphatic heterocycles. The highest BCUT2D eigenvalue weighted by atomic mass is 16.5. The minimum absolute atomic E-state index is 0.0174. The lowest BCUT2D eigenvalue weighted by Crippen LogP contribution is -2.43. The van der Waals surface area contributed by atoms with Gasteiger partial charge in [0.1, 0.15) is 11.6 Å². The van der Waals surface area contributed by atoms with Crippen molar-refractivity contribution in [3.8, 4) is 17.6 Å². The third kappa shape index (κ3) is 5.71. The SMILES string of the molecule is COc1cc(/C=C(\C#N)C(=O)c2cccc(C)c2)ccc1OCC(=O)N1CCOCC1. The van der Waals surface area contributed by atoms with E-state index in [1.54, 1.807) is 41.3 Å². The number of hydrogen-bond donors (Lipinski definition) is 0. The molecular weight excluding hydrogens is 396 g/mol. The van der Waals surface area contributed by atoms with Gasteiger partial charge in [-0.3, -0.25) is 9.59 Å². The molecule has 7 nitrogen and oxygen atoms in total. The number of Topliss-reactive ketones (excluding diaryl/α,β-unsaturated/α-hetero) is 1. The molecule has 0 radical (unpaired) electrons. The van der Waals surface area contributed by atoms with E-state index in [0.717, 1.165) is 5.56 Å². The number of allylic oxidation sites excluding steroid dienone is 1. The van der Waals surface area contributed by atoms with Gasteiger partial charge >= 0.3 is 0 Å². The molecule has 0 spiro atoms. The quantitative estimate of drug-likeness (QED) is 0.389. The number of carbonyl (C=O) groups is 2. The number of ether oxygens (including phenoxy) is 3. The molecule has 1 amide bonds. The van der Waals surface area contributed by atoms with E-state index in [4.69, 9.17) is 14.2 Å². The van der Waals surface area contributed by atoms with Gasteiger partial charge in [0.15, 0.2) is 18.1 Å². The Balaban J connectivity index is 1.74. The summed E-state index contributed by atoms with van der Waals surface area (Å²) in [5.74, 6) is 0.347. The van der Waals surface area contributed by atoms with Crippen LogP contribution in [-0.4, -0.2) is 56.6 Å². The van der Waals surface area contributed by atoms with Crippen LogP contribution in [0.5, 0.6) is 11.5 Å². The van der Waals surface area contributed by atoms with Crippen molar-refractivity contribution in [2.45, 2.75) is 6.92 Å². The van der Waals surface area contributed by atoms with E-state index < -0.39 is 0 Å². The summed E-state index contributed by atoms with van der Waals surface area (Å²) in [6.07, 6.45) is 1.51. The van der Waals surface area contributed by atoms with Crippen LogP contribution in [-0.2, 0) is 9.53 Å². The highest BCUT2D eigenvalue weighted by Gasteiger charge is 2.18. The Kier molecular flexibility index (Phi) is 7.41. The van der Waals surface area contributed by atoms with Crippen LogP contribution in [0.4, 0.5) is 0 Å². The lowest BCUT2D eigenvalue weighted by atomic mass is 10.0. The van der Waals surface area contributed by atoms with Crippen LogP contribution in [0.1, 0.15) is 21.5 Å². The van der Waals surface area contributed by atoms with Crippen LogP contribution < -0.4 is 9.47 Å². The van der Waals surface area contributed by atoms with Crippen LogP contribution in [0.2, 0.25) is 0 Å². The Morgan fingerprint density at radius 3 is 2.61 bits per heavy atom. The first-order valence-electron chi connectivity index (χ1n) is 9.91. The lowest BCUT2D eigenvalue weighted by Gasteiger charge is -2.26. The van der Waals surface area contributed by atoms with Crippen molar-refractivity contribution in [3.05, 3.63) is 64.7 Å². The predicted octanol–water partition coefficient (Wildman–Crippen LogP) is 3.03.